The van der Waals surface area contributed by atoms with Gasteiger partial charge in [0.1, 0.15) is 11.4 Å². The molecular formula is C36H52FN5O5. The lowest BCUT2D eigenvalue weighted by molar-refractivity contribution is -0.122. The zero-order chi connectivity index (χ0) is 34.1. The zero-order valence-corrected chi connectivity index (χ0v) is 29.1. The van der Waals surface area contributed by atoms with Crippen LogP contribution in [0.4, 0.5) is 14.9 Å². The third-order valence-electron chi connectivity index (χ3n) is 9.61. The van der Waals surface area contributed by atoms with Crippen LogP contribution in [0.1, 0.15) is 77.4 Å². The summed E-state index contributed by atoms with van der Waals surface area (Å²) in [6.45, 7) is 18.3. The molecule has 5 rings (SSSR count). The molecule has 3 atom stereocenters. The van der Waals surface area contributed by atoms with Crippen molar-refractivity contribution in [3.05, 3.63) is 58.7 Å². The summed E-state index contributed by atoms with van der Waals surface area (Å²) >= 11 is 0. The van der Waals surface area contributed by atoms with Crippen LogP contribution >= 0.6 is 0 Å². The number of rotatable bonds is 8. The van der Waals surface area contributed by atoms with Gasteiger partial charge in [-0.25, -0.2) is 9.18 Å². The van der Waals surface area contributed by atoms with Gasteiger partial charge in [-0.3, -0.25) is 19.6 Å². The molecule has 0 radical (unpaired) electrons. The number of piperazine rings is 1. The van der Waals surface area contributed by atoms with Crippen molar-refractivity contribution in [3.63, 3.8) is 0 Å². The highest BCUT2D eigenvalue weighted by Gasteiger charge is 2.43. The third kappa shape index (κ3) is 8.13. The zero-order valence-electron chi connectivity index (χ0n) is 29.1. The number of carbonyl (C=O) groups excluding carboxylic acids is 2. The summed E-state index contributed by atoms with van der Waals surface area (Å²) in [6.07, 6.45) is 0.888. The molecule has 1 aromatic heterocycles. The normalized spacial score (nSPS) is 23.6. The van der Waals surface area contributed by atoms with E-state index in [0.29, 0.717) is 51.5 Å². The number of halogens is 1. The number of ether oxygens (including phenoxy) is 2. The van der Waals surface area contributed by atoms with Gasteiger partial charge in [0.25, 0.3) is 0 Å². The monoisotopic (exact) mass is 653 g/mol. The average Bonchev–Trinajstić information content (AvgIpc) is 3.28. The second kappa shape index (κ2) is 14.2. The number of pyridine rings is 1. The van der Waals surface area contributed by atoms with E-state index in [-0.39, 0.29) is 49.1 Å². The van der Waals surface area contributed by atoms with Gasteiger partial charge in [-0.15, -0.1) is 0 Å². The van der Waals surface area contributed by atoms with Crippen molar-refractivity contribution in [1.29, 1.82) is 0 Å². The van der Waals surface area contributed by atoms with Crippen molar-refractivity contribution < 1.29 is 28.6 Å². The number of nitrogens with zero attached hydrogens (tertiary/aromatic N) is 5. The van der Waals surface area contributed by atoms with Crippen molar-refractivity contribution >= 4 is 17.7 Å². The fourth-order valence-electron chi connectivity index (χ4n) is 7.01. The van der Waals surface area contributed by atoms with Crippen LogP contribution in [0.2, 0.25) is 0 Å². The number of aliphatic hydroxyl groups is 1. The number of carbonyl (C=O) groups is 2. The molecule has 11 heteroatoms. The summed E-state index contributed by atoms with van der Waals surface area (Å²) in [5, 5.41) is 10.2. The van der Waals surface area contributed by atoms with Crippen molar-refractivity contribution in [2.24, 2.45) is 0 Å². The van der Waals surface area contributed by atoms with E-state index in [1.165, 1.54) is 12.1 Å². The largest absolute Gasteiger partial charge is 0.444 e. The van der Waals surface area contributed by atoms with E-state index in [9.17, 15) is 19.1 Å². The Balaban J connectivity index is 1.42. The number of hydrogen-bond acceptors (Lipinski definition) is 8. The molecule has 0 spiro atoms. The number of amides is 2. The van der Waals surface area contributed by atoms with Crippen LogP contribution in [0.3, 0.4) is 0 Å². The number of aromatic nitrogens is 1. The first kappa shape index (κ1) is 35.2. The number of morpholine rings is 1. The van der Waals surface area contributed by atoms with Crippen LogP contribution in [0.25, 0.3) is 0 Å². The number of anilines is 1. The first-order chi connectivity index (χ1) is 22.2. The van der Waals surface area contributed by atoms with Crippen LogP contribution < -0.4 is 4.90 Å². The van der Waals surface area contributed by atoms with Gasteiger partial charge in [0, 0.05) is 56.3 Å². The maximum atomic E-state index is 14.4. The molecule has 3 aliphatic heterocycles. The molecule has 2 amide bonds. The highest BCUT2D eigenvalue weighted by molar-refractivity contribution is 5.97. The second-order valence-corrected chi connectivity index (χ2v) is 15.0. The molecule has 0 saturated carbocycles. The minimum atomic E-state index is -0.605. The third-order valence-corrected chi connectivity index (χ3v) is 9.61. The SMILES string of the molecule is CC[C@@H]1CN(CC(=O)N2CC(C)(C)c3nc(CO)c(Cc4ccc(F)cc4)cc32)[C@@H](CN2CCOC[C@H]2C)CN1C(=O)OC(C)(C)C. The maximum Gasteiger partial charge on any atom is 0.410 e. The van der Waals surface area contributed by atoms with Gasteiger partial charge in [0.2, 0.25) is 5.91 Å². The number of benzene rings is 1. The molecule has 0 bridgehead atoms. The van der Waals surface area contributed by atoms with Crippen molar-refractivity contribution in [1.82, 2.24) is 19.7 Å². The smallest absolute Gasteiger partial charge is 0.410 e. The Bertz CT molecular complexity index is 1430. The van der Waals surface area contributed by atoms with Crippen molar-refractivity contribution in [2.45, 2.75) is 97.1 Å². The first-order valence-corrected chi connectivity index (χ1v) is 16.9. The maximum absolute atomic E-state index is 14.4. The van der Waals surface area contributed by atoms with E-state index < -0.39 is 11.0 Å². The van der Waals surface area contributed by atoms with Crippen molar-refractivity contribution in [3.8, 4) is 0 Å². The number of hydrogen-bond donors (Lipinski definition) is 1. The Hall–Kier alpha value is -3.12. The topological polar surface area (TPSA) is 98.7 Å². The highest BCUT2D eigenvalue weighted by Crippen LogP contribution is 2.41. The van der Waals surface area contributed by atoms with Crippen LogP contribution in [0, 0.1) is 5.82 Å². The summed E-state index contributed by atoms with van der Waals surface area (Å²) in [7, 11) is 0. The highest BCUT2D eigenvalue weighted by atomic mass is 19.1. The van der Waals surface area contributed by atoms with Gasteiger partial charge in [0.15, 0.2) is 0 Å². The van der Waals surface area contributed by atoms with Crippen LogP contribution in [0.5, 0.6) is 0 Å². The Morgan fingerprint density at radius 2 is 1.85 bits per heavy atom. The summed E-state index contributed by atoms with van der Waals surface area (Å²) in [6, 6.07) is 8.36. The van der Waals surface area contributed by atoms with Gasteiger partial charge < -0.3 is 24.4 Å². The van der Waals surface area contributed by atoms with Crippen LogP contribution in [-0.4, -0.2) is 113 Å². The minimum Gasteiger partial charge on any atom is -0.444 e. The lowest BCUT2D eigenvalue weighted by atomic mass is 9.90. The van der Waals surface area contributed by atoms with E-state index in [1.54, 1.807) is 12.1 Å². The molecule has 0 unspecified atom stereocenters. The van der Waals surface area contributed by atoms with Gasteiger partial charge in [0.05, 0.1) is 43.4 Å². The molecule has 1 N–H and O–H groups in total. The molecule has 47 heavy (non-hydrogen) atoms. The summed E-state index contributed by atoms with van der Waals surface area (Å²) in [4.78, 5) is 41.0. The van der Waals surface area contributed by atoms with E-state index in [4.69, 9.17) is 14.5 Å². The quantitative estimate of drug-likeness (QED) is 0.450. The molecule has 3 aliphatic rings. The fourth-order valence-corrected chi connectivity index (χ4v) is 7.01. The second-order valence-electron chi connectivity index (χ2n) is 15.0. The van der Waals surface area contributed by atoms with Crippen molar-refractivity contribution in [2.75, 3.05) is 57.4 Å². The molecule has 10 nitrogen and oxygen atoms in total. The first-order valence-electron chi connectivity index (χ1n) is 16.9. The standard InChI is InChI=1S/C36H52FN5O5/c1-8-28-17-40(29(18-39-13-14-46-22-24(39)2)19-41(28)34(45)47-35(3,4)5)20-32(44)42-23-36(6,7)33-31(42)16-26(30(21-43)38-33)15-25-9-11-27(37)12-10-25/h9-12,16,24,28-29,43H,8,13-15,17-23H2,1-7H3/t24-,28-,29+/m1/s1. The van der Waals surface area contributed by atoms with Gasteiger partial charge in [-0.1, -0.05) is 32.9 Å². The van der Waals surface area contributed by atoms with Crippen LogP contribution in [0.15, 0.2) is 30.3 Å². The summed E-state index contributed by atoms with van der Waals surface area (Å²) in [5.41, 5.74) is 2.81. The number of fused-ring (bicyclic) bond motifs is 1. The van der Waals surface area contributed by atoms with Gasteiger partial charge >= 0.3 is 6.09 Å². The molecule has 2 saturated heterocycles. The molecule has 1 aromatic carbocycles. The molecule has 2 aromatic rings. The Kier molecular flexibility index (Phi) is 10.6. The predicted octanol–water partition coefficient (Wildman–Crippen LogP) is 4.35. The average molecular weight is 654 g/mol. The fraction of sp³-hybridized carbons (Fsp3) is 0.639. The van der Waals surface area contributed by atoms with E-state index in [2.05, 4.69) is 37.5 Å². The Morgan fingerprint density at radius 1 is 1.13 bits per heavy atom. The predicted molar refractivity (Wildman–Crippen MR) is 179 cm³/mol. The minimum absolute atomic E-state index is 0.0243. The van der Waals surface area contributed by atoms with E-state index >= 15 is 0 Å². The summed E-state index contributed by atoms with van der Waals surface area (Å²) < 4.78 is 25.1. The Labute approximate surface area is 278 Å². The molecule has 258 valence electrons. The number of aliphatic hydroxyl groups excluding tert-OH is 1. The van der Waals surface area contributed by atoms with Gasteiger partial charge in [-0.05, 0) is 69.9 Å². The molecule has 0 aliphatic carbocycles. The lowest BCUT2D eigenvalue weighted by Crippen LogP contribution is -2.65. The molecule has 2 fully saturated rings. The molecular weight excluding hydrogens is 601 g/mol. The Morgan fingerprint density at radius 3 is 2.49 bits per heavy atom. The van der Waals surface area contributed by atoms with E-state index in [0.717, 1.165) is 35.5 Å². The van der Waals surface area contributed by atoms with Gasteiger partial charge in [-0.2, -0.15) is 0 Å². The summed E-state index contributed by atoms with van der Waals surface area (Å²) in [5.74, 6) is -0.330. The lowest BCUT2D eigenvalue weighted by Gasteiger charge is -2.48. The van der Waals surface area contributed by atoms with E-state index in [1.807, 2.05) is 36.6 Å². The van der Waals surface area contributed by atoms with Crippen LogP contribution in [-0.2, 0) is 32.7 Å². The molecule has 4 heterocycles.